The lowest BCUT2D eigenvalue weighted by molar-refractivity contribution is -0.384. The van der Waals surface area contributed by atoms with Gasteiger partial charge >= 0.3 is 0 Å². The highest BCUT2D eigenvalue weighted by Gasteiger charge is 2.14. The standard InChI is InChI=1S/C14H15N3O3/c1-9-3-6-12(13(7-9)17(18)19)16-10-4-5-11(15)14(8-10)20-2/h3-8,16H,15H2,1-2H3. The number of nitrogens with two attached hydrogens (primary N) is 1. The van der Waals surface area contributed by atoms with Crippen LogP contribution < -0.4 is 15.8 Å². The lowest BCUT2D eigenvalue weighted by atomic mass is 10.2. The van der Waals surface area contributed by atoms with Crippen LogP contribution in [0.4, 0.5) is 22.7 Å². The zero-order chi connectivity index (χ0) is 14.7. The second kappa shape index (κ2) is 5.48. The van der Waals surface area contributed by atoms with Gasteiger partial charge in [-0.1, -0.05) is 6.07 Å². The van der Waals surface area contributed by atoms with Gasteiger partial charge in [0.05, 0.1) is 17.7 Å². The fraction of sp³-hybridized carbons (Fsp3) is 0.143. The Morgan fingerprint density at radius 3 is 2.65 bits per heavy atom. The van der Waals surface area contributed by atoms with Crippen LogP contribution in [-0.2, 0) is 0 Å². The summed E-state index contributed by atoms with van der Waals surface area (Å²) in [5.41, 5.74) is 8.19. The summed E-state index contributed by atoms with van der Waals surface area (Å²) in [6.45, 7) is 1.81. The Hall–Kier alpha value is -2.76. The molecule has 0 fully saturated rings. The molecule has 6 heteroatoms. The van der Waals surface area contributed by atoms with Crippen LogP contribution in [0.3, 0.4) is 0 Å². The molecule has 3 N–H and O–H groups in total. The van der Waals surface area contributed by atoms with Crippen molar-refractivity contribution in [2.75, 3.05) is 18.2 Å². The topological polar surface area (TPSA) is 90.4 Å². The molecule has 0 aliphatic carbocycles. The summed E-state index contributed by atoms with van der Waals surface area (Å²) in [6, 6.07) is 10.1. The third-order valence-electron chi connectivity index (χ3n) is 2.86. The van der Waals surface area contributed by atoms with Crippen molar-refractivity contribution in [2.24, 2.45) is 0 Å². The molecule has 0 saturated heterocycles. The van der Waals surface area contributed by atoms with Crippen LogP contribution in [-0.4, -0.2) is 12.0 Å². The van der Waals surface area contributed by atoms with Crippen LogP contribution in [0.25, 0.3) is 0 Å². The molecule has 2 rings (SSSR count). The summed E-state index contributed by atoms with van der Waals surface area (Å²) in [6.07, 6.45) is 0. The van der Waals surface area contributed by atoms with Gasteiger partial charge in [-0.05, 0) is 30.7 Å². The summed E-state index contributed by atoms with van der Waals surface area (Å²) in [4.78, 5) is 10.6. The number of nitrogens with one attached hydrogen (secondary N) is 1. The third kappa shape index (κ3) is 2.80. The van der Waals surface area contributed by atoms with Crippen LogP contribution in [0.1, 0.15) is 5.56 Å². The largest absolute Gasteiger partial charge is 0.495 e. The molecule has 20 heavy (non-hydrogen) atoms. The predicted octanol–water partition coefficient (Wildman–Crippen LogP) is 3.24. The molecule has 0 radical (unpaired) electrons. The average molecular weight is 273 g/mol. The molecule has 0 bridgehead atoms. The van der Waals surface area contributed by atoms with Crippen molar-refractivity contribution in [3.63, 3.8) is 0 Å². The Morgan fingerprint density at radius 2 is 2.00 bits per heavy atom. The second-order valence-corrected chi connectivity index (χ2v) is 4.36. The summed E-state index contributed by atoms with van der Waals surface area (Å²) in [7, 11) is 1.52. The van der Waals surface area contributed by atoms with Gasteiger partial charge in [0.15, 0.2) is 0 Å². The van der Waals surface area contributed by atoms with Crippen LogP contribution in [0.15, 0.2) is 36.4 Å². The fourth-order valence-electron chi connectivity index (χ4n) is 1.84. The molecule has 0 aromatic heterocycles. The molecule has 0 spiro atoms. The number of methoxy groups -OCH3 is 1. The number of nitro benzene ring substituents is 1. The molecule has 0 aliphatic heterocycles. The molecule has 6 nitrogen and oxygen atoms in total. The monoisotopic (exact) mass is 273 g/mol. The van der Waals surface area contributed by atoms with Crippen LogP contribution >= 0.6 is 0 Å². The first-order chi connectivity index (χ1) is 9.51. The van der Waals surface area contributed by atoms with E-state index in [-0.39, 0.29) is 5.69 Å². The maximum absolute atomic E-state index is 11.1. The van der Waals surface area contributed by atoms with Gasteiger partial charge in [-0.15, -0.1) is 0 Å². The molecule has 0 atom stereocenters. The molecule has 2 aromatic carbocycles. The van der Waals surface area contributed by atoms with Gasteiger partial charge in [0, 0.05) is 17.8 Å². The van der Waals surface area contributed by atoms with E-state index >= 15 is 0 Å². The zero-order valence-corrected chi connectivity index (χ0v) is 11.2. The van der Waals surface area contributed by atoms with Crippen molar-refractivity contribution in [1.29, 1.82) is 0 Å². The van der Waals surface area contributed by atoms with Gasteiger partial charge in [-0.2, -0.15) is 0 Å². The lowest BCUT2D eigenvalue weighted by Gasteiger charge is -2.10. The number of ether oxygens (including phenoxy) is 1. The van der Waals surface area contributed by atoms with Gasteiger partial charge in [0.2, 0.25) is 0 Å². The number of aryl methyl sites for hydroxylation is 1. The van der Waals surface area contributed by atoms with E-state index < -0.39 is 4.92 Å². The molecular weight excluding hydrogens is 258 g/mol. The number of nitro groups is 1. The van der Waals surface area contributed by atoms with E-state index in [1.165, 1.54) is 13.2 Å². The van der Waals surface area contributed by atoms with E-state index in [2.05, 4.69) is 5.32 Å². The summed E-state index contributed by atoms with van der Waals surface area (Å²) >= 11 is 0. The average Bonchev–Trinajstić information content (AvgIpc) is 2.42. The number of hydrogen-bond donors (Lipinski definition) is 2. The second-order valence-electron chi connectivity index (χ2n) is 4.36. The minimum Gasteiger partial charge on any atom is -0.495 e. The molecule has 2 aromatic rings. The zero-order valence-electron chi connectivity index (χ0n) is 11.2. The first kappa shape index (κ1) is 13.7. The number of anilines is 3. The number of rotatable bonds is 4. The van der Waals surface area contributed by atoms with Crippen molar-refractivity contribution in [3.05, 3.63) is 52.1 Å². The summed E-state index contributed by atoms with van der Waals surface area (Å²) < 4.78 is 5.12. The highest BCUT2D eigenvalue weighted by atomic mass is 16.6. The van der Waals surface area contributed by atoms with Crippen molar-refractivity contribution in [2.45, 2.75) is 6.92 Å². The van der Waals surface area contributed by atoms with Crippen LogP contribution in [0, 0.1) is 17.0 Å². The molecule has 104 valence electrons. The number of hydrogen-bond acceptors (Lipinski definition) is 5. The first-order valence-corrected chi connectivity index (χ1v) is 5.97. The first-order valence-electron chi connectivity index (χ1n) is 5.97. The Morgan fingerprint density at radius 1 is 1.25 bits per heavy atom. The minimum absolute atomic E-state index is 0.0285. The highest BCUT2D eigenvalue weighted by Crippen LogP contribution is 2.31. The van der Waals surface area contributed by atoms with E-state index in [1.807, 2.05) is 13.0 Å². The number of nitrogen functional groups attached to an aromatic ring is 1. The van der Waals surface area contributed by atoms with E-state index in [1.54, 1.807) is 24.3 Å². The molecule has 0 unspecified atom stereocenters. The van der Waals surface area contributed by atoms with E-state index in [4.69, 9.17) is 10.5 Å². The van der Waals surface area contributed by atoms with Gasteiger partial charge in [-0.3, -0.25) is 10.1 Å². The van der Waals surface area contributed by atoms with Crippen LogP contribution in [0.2, 0.25) is 0 Å². The maximum Gasteiger partial charge on any atom is 0.292 e. The maximum atomic E-state index is 11.1. The Labute approximate surface area is 116 Å². The Balaban J connectivity index is 2.37. The quantitative estimate of drug-likeness (QED) is 0.507. The van der Waals surface area contributed by atoms with Gasteiger partial charge in [0.25, 0.3) is 5.69 Å². The predicted molar refractivity (Wildman–Crippen MR) is 78.5 cm³/mol. The van der Waals surface area contributed by atoms with E-state index in [0.29, 0.717) is 22.8 Å². The fourth-order valence-corrected chi connectivity index (χ4v) is 1.84. The van der Waals surface area contributed by atoms with Crippen molar-refractivity contribution in [3.8, 4) is 5.75 Å². The molecular formula is C14H15N3O3. The summed E-state index contributed by atoms with van der Waals surface area (Å²) in [5.74, 6) is 0.518. The Kier molecular flexibility index (Phi) is 3.74. The third-order valence-corrected chi connectivity index (χ3v) is 2.86. The normalized spacial score (nSPS) is 10.1. The van der Waals surface area contributed by atoms with Gasteiger partial charge in [-0.25, -0.2) is 0 Å². The van der Waals surface area contributed by atoms with Crippen molar-refractivity contribution < 1.29 is 9.66 Å². The van der Waals surface area contributed by atoms with E-state index in [0.717, 1.165) is 5.56 Å². The SMILES string of the molecule is COc1cc(Nc2ccc(C)cc2[N+](=O)[O-])ccc1N. The molecule has 0 saturated carbocycles. The minimum atomic E-state index is -0.413. The number of nitrogens with zero attached hydrogens (tertiary/aromatic N) is 1. The van der Waals surface area contributed by atoms with Crippen molar-refractivity contribution >= 4 is 22.7 Å². The molecule has 0 amide bonds. The van der Waals surface area contributed by atoms with Gasteiger partial charge < -0.3 is 15.8 Å². The smallest absolute Gasteiger partial charge is 0.292 e. The van der Waals surface area contributed by atoms with Crippen LogP contribution in [0.5, 0.6) is 5.75 Å². The van der Waals surface area contributed by atoms with E-state index in [9.17, 15) is 10.1 Å². The Bertz CT molecular complexity index is 656. The molecule has 0 aliphatic rings. The van der Waals surface area contributed by atoms with Crippen molar-refractivity contribution in [1.82, 2.24) is 0 Å². The lowest BCUT2D eigenvalue weighted by Crippen LogP contribution is -1.99. The highest BCUT2D eigenvalue weighted by molar-refractivity contribution is 5.72. The number of benzene rings is 2. The van der Waals surface area contributed by atoms with Gasteiger partial charge in [0.1, 0.15) is 11.4 Å². The molecule has 0 heterocycles. The summed E-state index contributed by atoms with van der Waals surface area (Å²) in [5, 5.41) is 14.1.